The summed E-state index contributed by atoms with van der Waals surface area (Å²) in [5, 5.41) is 1.01. The van der Waals surface area contributed by atoms with Crippen LogP contribution in [0.25, 0.3) is 11.0 Å². The van der Waals surface area contributed by atoms with Crippen molar-refractivity contribution in [3.05, 3.63) is 24.5 Å². The summed E-state index contributed by atoms with van der Waals surface area (Å²) in [4.78, 5) is 4.10. The van der Waals surface area contributed by atoms with Crippen LogP contribution in [0.4, 0.5) is 0 Å². The Bertz CT molecular complexity index is 396. The molecule has 4 heteroatoms. The van der Waals surface area contributed by atoms with Crippen LogP contribution in [-0.4, -0.2) is 16.8 Å². The van der Waals surface area contributed by atoms with Crippen molar-refractivity contribution in [1.82, 2.24) is 8.96 Å². The second-order valence-electron chi connectivity index (χ2n) is 2.34. The summed E-state index contributed by atoms with van der Waals surface area (Å²) in [6, 6.07) is 3.79. The molecule has 0 amide bonds. The summed E-state index contributed by atoms with van der Waals surface area (Å²) in [7, 11) is 5.54. The van der Waals surface area contributed by atoms with E-state index in [4.69, 9.17) is 7.85 Å². The van der Waals surface area contributed by atoms with E-state index in [1.54, 1.807) is 10.2 Å². The lowest BCUT2D eigenvalue weighted by molar-refractivity contribution is 1.28. The maximum atomic E-state index is 5.54. The summed E-state index contributed by atoms with van der Waals surface area (Å²) in [5.41, 5.74) is 1.51. The predicted molar refractivity (Wildman–Crippen MR) is 49.5 cm³/mol. The van der Waals surface area contributed by atoms with E-state index in [-0.39, 0.29) is 0 Å². The average Bonchev–Trinajstić information content (AvgIpc) is 2.32. The maximum Gasteiger partial charge on any atom is 0.149 e. The van der Waals surface area contributed by atoms with Crippen molar-refractivity contribution in [1.29, 1.82) is 0 Å². The van der Waals surface area contributed by atoms with Crippen molar-refractivity contribution in [3.8, 4) is 0 Å². The van der Waals surface area contributed by atoms with Gasteiger partial charge in [-0.15, -0.1) is 0 Å². The first-order chi connectivity index (χ1) is 5.27. The van der Waals surface area contributed by atoms with Gasteiger partial charge in [-0.3, -0.25) is 3.97 Å². The smallest absolute Gasteiger partial charge is 0.149 e. The summed E-state index contributed by atoms with van der Waals surface area (Å²) < 4.78 is 1.66. The minimum absolute atomic E-state index is 0.678. The molecule has 0 saturated carbocycles. The van der Waals surface area contributed by atoms with Gasteiger partial charge in [0.1, 0.15) is 13.5 Å². The Morgan fingerprint density at radius 3 is 3.18 bits per heavy atom. The Morgan fingerprint density at radius 2 is 2.36 bits per heavy atom. The molecule has 0 atom stereocenters. The maximum absolute atomic E-state index is 5.54. The quantitative estimate of drug-likeness (QED) is 0.439. The summed E-state index contributed by atoms with van der Waals surface area (Å²) >= 11 is 4.15. The molecule has 2 heterocycles. The van der Waals surface area contributed by atoms with Gasteiger partial charge in [-0.2, -0.15) is 0 Å². The molecule has 11 heavy (non-hydrogen) atoms. The third-order valence-corrected chi connectivity index (χ3v) is 1.85. The van der Waals surface area contributed by atoms with Crippen molar-refractivity contribution in [2.24, 2.45) is 0 Å². The molecule has 0 saturated heterocycles. The SMILES string of the molecule is [B]c1cnc2c(ccn2S)c1. The first-order valence-corrected chi connectivity index (χ1v) is 3.59. The second kappa shape index (κ2) is 2.31. The largest absolute Gasteiger partial charge is 0.278 e. The Hall–Kier alpha value is -0.895. The zero-order valence-corrected chi connectivity index (χ0v) is 6.62. The lowest BCUT2D eigenvalue weighted by atomic mass is 9.98. The molecule has 2 rings (SSSR count). The number of aromatic nitrogens is 2. The van der Waals surface area contributed by atoms with Crippen LogP contribution in [0.5, 0.6) is 0 Å². The molecule has 0 bridgehead atoms. The van der Waals surface area contributed by atoms with Crippen LogP contribution in [0.1, 0.15) is 0 Å². The highest BCUT2D eigenvalue weighted by atomic mass is 32.1. The van der Waals surface area contributed by atoms with Gasteiger partial charge in [0, 0.05) is 17.8 Å². The Labute approximate surface area is 71.2 Å². The third-order valence-electron chi connectivity index (χ3n) is 1.53. The number of pyridine rings is 1. The summed E-state index contributed by atoms with van der Waals surface area (Å²) in [5.74, 6) is 0. The minimum atomic E-state index is 0.678. The highest BCUT2D eigenvalue weighted by molar-refractivity contribution is 7.78. The van der Waals surface area contributed by atoms with E-state index in [0.29, 0.717) is 5.46 Å². The van der Waals surface area contributed by atoms with Crippen LogP contribution >= 0.6 is 12.8 Å². The molecule has 0 aliphatic carbocycles. The van der Waals surface area contributed by atoms with E-state index >= 15 is 0 Å². The molecule has 0 N–H and O–H groups in total. The standard InChI is InChI=1S/C7H5BN2S/c8-6-3-5-1-2-10(11)7(5)9-4-6/h1-4,11H. The monoisotopic (exact) mass is 160 g/mol. The minimum Gasteiger partial charge on any atom is -0.278 e. The normalized spacial score (nSPS) is 10.6. The van der Waals surface area contributed by atoms with Crippen molar-refractivity contribution in [2.75, 3.05) is 0 Å². The van der Waals surface area contributed by atoms with Crippen LogP contribution in [0, 0.1) is 0 Å². The molecule has 2 aromatic heterocycles. The Kier molecular flexibility index (Phi) is 1.42. The van der Waals surface area contributed by atoms with E-state index < -0.39 is 0 Å². The third kappa shape index (κ3) is 1.03. The van der Waals surface area contributed by atoms with Gasteiger partial charge in [0.25, 0.3) is 0 Å². The Morgan fingerprint density at radius 1 is 1.55 bits per heavy atom. The van der Waals surface area contributed by atoms with Gasteiger partial charge in [0.05, 0.1) is 0 Å². The van der Waals surface area contributed by atoms with Crippen LogP contribution in [0.15, 0.2) is 24.5 Å². The molecule has 0 unspecified atom stereocenters. The summed E-state index contributed by atoms with van der Waals surface area (Å²) in [6.45, 7) is 0. The van der Waals surface area contributed by atoms with Crippen molar-refractivity contribution < 1.29 is 0 Å². The van der Waals surface area contributed by atoms with Crippen LogP contribution < -0.4 is 5.46 Å². The van der Waals surface area contributed by atoms with Gasteiger partial charge in [0.2, 0.25) is 0 Å². The van der Waals surface area contributed by atoms with E-state index in [1.807, 2.05) is 18.3 Å². The van der Waals surface area contributed by atoms with E-state index in [2.05, 4.69) is 17.8 Å². The fourth-order valence-corrected chi connectivity index (χ4v) is 1.26. The van der Waals surface area contributed by atoms with Crippen LogP contribution in [0.2, 0.25) is 0 Å². The molecule has 0 fully saturated rings. The van der Waals surface area contributed by atoms with Gasteiger partial charge < -0.3 is 0 Å². The molecular formula is C7H5BN2S. The van der Waals surface area contributed by atoms with Crippen molar-refractivity contribution in [2.45, 2.75) is 0 Å². The number of nitrogens with zero attached hydrogens (tertiary/aromatic N) is 2. The lowest BCUT2D eigenvalue weighted by Crippen LogP contribution is -2.01. The van der Waals surface area contributed by atoms with Gasteiger partial charge in [0.15, 0.2) is 0 Å². The number of hydrogen-bond acceptors (Lipinski definition) is 2. The van der Waals surface area contributed by atoms with E-state index in [9.17, 15) is 0 Å². The number of rotatable bonds is 0. The number of fused-ring (bicyclic) bond motifs is 1. The first kappa shape index (κ1) is 6.79. The molecular weight excluding hydrogens is 155 g/mol. The second-order valence-corrected chi connectivity index (χ2v) is 2.77. The van der Waals surface area contributed by atoms with Gasteiger partial charge in [-0.05, 0) is 6.07 Å². The average molecular weight is 160 g/mol. The number of thiol groups is 1. The highest BCUT2D eigenvalue weighted by Gasteiger charge is 1.97. The molecule has 0 spiro atoms. The zero-order valence-electron chi connectivity index (χ0n) is 5.73. The van der Waals surface area contributed by atoms with Gasteiger partial charge in [-0.25, -0.2) is 4.98 Å². The number of hydrogen-bond donors (Lipinski definition) is 1. The predicted octanol–water partition coefficient (Wildman–Crippen LogP) is 0.523. The fraction of sp³-hybridized carbons (Fsp3) is 0. The zero-order chi connectivity index (χ0) is 7.84. The van der Waals surface area contributed by atoms with E-state index in [0.717, 1.165) is 11.0 Å². The fourth-order valence-electron chi connectivity index (χ4n) is 1.03. The molecule has 0 aromatic carbocycles. The Balaban J connectivity index is 2.86. The molecule has 52 valence electrons. The van der Waals surface area contributed by atoms with Crippen LogP contribution in [0.3, 0.4) is 0 Å². The first-order valence-electron chi connectivity index (χ1n) is 3.19. The summed E-state index contributed by atoms with van der Waals surface area (Å²) in [6.07, 6.45) is 3.45. The molecule has 2 radical (unpaired) electrons. The van der Waals surface area contributed by atoms with Crippen molar-refractivity contribution in [3.63, 3.8) is 0 Å². The lowest BCUT2D eigenvalue weighted by Gasteiger charge is -1.94. The molecule has 0 aliphatic rings. The molecule has 2 aromatic rings. The van der Waals surface area contributed by atoms with E-state index in [1.165, 1.54) is 0 Å². The van der Waals surface area contributed by atoms with Gasteiger partial charge >= 0.3 is 0 Å². The molecule has 2 nitrogen and oxygen atoms in total. The highest BCUT2D eigenvalue weighted by Crippen LogP contribution is 2.11. The topological polar surface area (TPSA) is 17.8 Å². The van der Waals surface area contributed by atoms with Crippen molar-refractivity contribution >= 4 is 37.2 Å². The van der Waals surface area contributed by atoms with Crippen LogP contribution in [-0.2, 0) is 0 Å². The molecule has 0 aliphatic heterocycles. The van der Waals surface area contributed by atoms with Gasteiger partial charge in [-0.1, -0.05) is 24.3 Å².